The fourth-order valence-corrected chi connectivity index (χ4v) is 2.05. The second kappa shape index (κ2) is 5.49. The number of nitrogens with one attached hydrogen (secondary N) is 2. The Kier molecular flexibility index (Phi) is 4.10. The molecule has 1 amide bonds. The van der Waals surface area contributed by atoms with Crippen LogP contribution in [0.3, 0.4) is 0 Å². The van der Waals surface area contributed by atoms with Crippen LogP contribution in [-0.2, 0) is 6.18 Å². The molecule has 0 aliphatic heterocycles. The number of H-pyrrole nitrogens is 1. The number of carbonyl (C=O) groups is 1. The van der Waals surface area contributed by atoms with Crippen molar-refractivity contribution in [3.63, 3.8) is 0 Å². The van der Waals surface area contributed by atoms with Gasteiger partial charge >= 0.3 is 6.18 Å². The van der Waals surface area contributed by atoms with E-state index in [2.05, 4.69) is 26.2 Å². The number of halogens is 5. The zero-order valence-corrected chi connectivity index (χ0v) is 12.0. The number of aromatic nitrogens is 1. The maximum absolute atomic E-state index is 12.5. The van der Waals surface area contributed by atoms with Crippen molar-refractivity contribution in [3.8, 4) is 0 Å². The van der Waals surface area contributed by atoms with E-state index in [1.165, 1.54) is 6.07 Å². The summed E-state index contributed by atoms with van der Waals surface area (Å²) in [6, 6.07) is 4.27. The largest absolute Gasteiger partial charge is 0.416 e. The average Bonchev–Trinajstić information content (AvgIpc) is 2.77. The summed E-state index contributed by atoms with van der Waals surface area (Å²) in [5.41, 5.74) is -0.508. The lowest BCUT2D eigenvalue weighted by atomic mass is 10.2. The molecule has 0 atom stereocenters. The first kappa shape index (κ1) is 14.9. The standard InChI is InChI=1S/C12H7BrClF3N2O/c13-7-4-10(18-5-7)11(20)19-9-2-1-6(3-8(9)14)12(15,16)17/h1-5,18H,(H,19,20). The number of rotatable bonds is 2. The van der Waals surface area contributed by atoms with Gasteiger partial charge in [-0.2, -0.15) is 13.2 Å². The Morgan fingerprint density at radius 1 is 1.30 bits per heavy atom. The number of hydrogen-bond acceptors (Lipinski definition) is 1. The van der Waals surface area contributed by atoms with Crippen LogP contribution in [-0.4, -0.2) is 10.9 Å². The van der Waals surface area contributed by atoms with Gasteiger partial charge in [-0.05, 0) is 40.2 Å². The van der Waals surface area contributed by atoms with E-state index < -0.39 is 17.6 Å². The van der Waals surface area contributed by atoms with Crippen LogP contribution < -0.4 is 5.32 Å². The fourth-order valence-electron chi connectivity index (χ4n) is 1.48. The van der Waals surface area contributed by atoms with Crippen molar-refractivity contribution in [3.05, 3.63) is 51.2 Å². The molecule has 0 aliphatic rings. The number of benzene rings is 1. The highest BCUT2D eigenvalue weighted by molar-refractivity contribution is 9.10. The van der Waals surface area contributed by atoms with Crippen LogP contribution >= 0.6 is 27.5 Å². The summed E-state index contributed by atoms with van der Waals surface area (Å²) in [4.78, 5) is 14.5. The van der Waals surface area contributed by atoms with Gasteiger partial charge in [0.1, 0.15) is 5.69 Å². The molecule has 3 nitrogen and oxygen atoms in total. The van der Waals surface area contributed by atoms with Gasteiger partial charge in [0.05, 0.1) is 16.3 Å². The monoisotopic (exact) mass is 366 g/mol. The van der Waals surface area contributed by atoms with Gasteiger partial charge in [0.2, 0.25) is 0 Å². The Balaban J connectivity index is 2.20. The third kappa shape index (κ3) is 3.34. The van der Waals surface area contributed by atoms with Crippen molar-refractivity contribution < 1.29 is 18.0 Å². The smallest absolute Gasteiger partial charge is 0.356 e. The second-order valence-electron chi connectivity index (χ2n) is 3.88. The maximum Gasteiger partial charge on any atom is 0.416 e. The lowest BCUT2D eigenvalue weighted by Gasteiger charge is -2.10. The molecule has 106 valence electrons. The Hall–Kier alpha value is -1.47. The van der Waals surface area contributed by atoms with E-state index in [-0.39, 0.29) is 16.4 Å². The topological polar surface area (TPSA) is 44.9 Å². The summed E-state index contributed by atoms with van der Waals surface area (Å²) in [6.45, 7) is 0. The summed E-state index contributed by atoms with van der Waals surface area (Å²) >= 11 is 8.91. The molecule has 1 heterocycles. The SMILES string of the molecule is O=C(Nc1ccc(C(F)(F)F)cc1Cl)c1cc(Br)c[nH]1. The van der Waals surface area contributed by atoms with Crippen molar-refractivity contribution in [2.75, 3.05) is 5.32 Å². The zero-order chi connectivity index (χ0) is 14.9. The molecule has 0 aliphatic carbocycles. The third-order valence-electron chi connectivity index (χ3n) is 2.44. The second-order valence-corrected chi connectivity index (χ2v) is 5.20. The van der Waals surface area contributed by atoms with Crippen LogP contribution in [0.4, 0.5) is 18.9 Å². The number of amides is 1. The molecule has 0 bridgehead atoms. The van der Waals surface area contributed by atoms with Crippen LogP contribution in [0.5, 0.6) is 0 Å². The number of carbonyl (C=O) groups excluding carboxylic acids is 1. The number of hydrogen-bond donors (Lipinski definition) is 2. The Bertz CT molecular complexity index is 654. The Morgan fingerprint density at radius 3 is 2.50 bits per heavy atom. The van der Waals surface area contributed by atoms with Gasteiger partial charge in [0.25, 0.3) is 5.91 Å². The highest BCUT2D eigenvalue weighted by Gasteiger charge is 2.31. The first-order valence-corrected chi connectivity index (χ1v) is 6.46. The van der Waals surface area contributed by atoms with Crippen molar-refractivity contribution in [2.24, 2.45) is 0 Å². The molecule has 20 heavy (non-hydrogen) atoms. The zero-order valence-electron chi connectivity index (χ0n) is 9.68. The lowest BCUT2D eigenvalue weighted by Crippen LogP contribution is -2.13. The molecule has 8 heteroatoms. The Morgan fingerprint density at radius 2 is 2.00 bits per heavy atom. The predicted molar refractivity (Wildman–Crippen MR) is 72.9 cm³/mol. The van der Waals surface area contributed by atoms with Gasteiger partial charge in [0.15, 0.2) is 0 Å². The predicted octanol–water partition coefficient (Wildman–Crippen LogP) is 4.70. The average molecular weight is 368 g/mol. The normalized spacial score (nSPS) is 11.4. The molecule has 2 rings (SSSR count). The molecular formula is C12H7BrClF3N2O. The van der Waals surface area contributed by atoms with Gasteiger partial charge in [-0.15, -0.1) is 0 Å². The summed E-state index contributed by atoms with van der Waals surface area (Å²) in [5.74, 6) is -0.502. The molecular weight excluding hydrogens is 360 g/mol. The molecule has 0 fully saturated rings. The van der Waals surface area contributed by atoms with E-state index in [0.717, 1.165) is 18.2 Å². The van der Waals surface area contributed by atoms with Crippen LogP contribution in [0.2, 0.25) is 5.02 Å². The molecule has 0 radical (unpaired) electrons. The van der Waals surface area contributed by atoms with Crippen LogP contribution in [0.1, 0.15) is 16.1 Å². The van der Waals surface area contributed by atoms with Crippen LogP contribution in [0.15, 0.2) is 34.9 Å². The number of alkyl halides is 3. The number of anilines is 1. The van der Waals surface area contributed by atoms with Crippen molar-refractivity contribution in [1.82, 2.24) is 4.98 Å². The minimum Gasteiger partial charge on any atom is -0.356 e. The van der Waals surface area contributed by atoms with Crippen molar-refractivity contribution >= 4 is 39.1 Å². The highest BCUT2D eigenvalue weighted by Crippen LogP contribution is 2.33. The quantitative estimate of drug-likeness (QED) is 0.794. The summed E-state index contributed by atoms with van der Waals surface area (Å²) in [5, 5.41) is 2.25. The highest BCUT2D eigenvalue weighted by atomic mass is 79.9. The van der Waals surface area contributed by atoms with E-state index in [1.807, 2.05) is 0 Å². The van der Waals surface area contributed by atoms with Crippen molar-refractivity contribution in [2.45, 2.75) is 6.18 Å². The van der Waals surface area contributed by atoms with E-state index in [0.29, 0.717) is 4.47 Å². The molecule has 1 aromatic carbocycles. The van der Waals surface area contributed by atoms with Gasteiger partial charge in [0, 0.05) is 10.7 Å². The van der Waals surface area contributed by atoms with E-state index >= 15 is 0 Å². The summed E-state index contributed by atoms with van der Waals surface area (Å²) in [6.07, 6.45) is -2.92. The van der Waals surface area contributed by atoms with Crippen LogP contribution in [0.25, 0.3) is 0 Å². The van der Waals surface area contributed by atoms with E-state index in [1.54, 1.807) is 6.20 Å². The van der Waals surface area contributed by atoms with Gasteiger partial charge < -0.3 is 10.3 Å². The first-order valence-electron chi connectivity index (χ1n) is 5.29. The summed E-state index contributed by atoms with van der Waals surface area (Å²) in [7, 11) is 0. The number of aromatic amines is 1. The minimum atomic E-state index is -4.48. The molecule has 2 aromatic rings. The van der Waals surface area contributed by atoms with Gasteiger partial charge in [-0.25, -0.2) is 0 Å². The molecule has 0 saturated heterocycles. The molecule has 1 aromatic heterocycles. The lowest BCUT2D eigenvalue weighted by molar-refractivity contribution is -0.137. The maximum atomic E-state index is 12.5. The van der Waals surface area contributed by atoms with E-state index in [9.17, 15) is 18.0 Å². The molecule has 0 spiro atoms. The van der Waals surface area contributed by atoms with Gasteiger partial charge in [-0.3, -0.25) is 4.79 Å². The first-order chi connectivity index (χ1) is 9.27. The van der Waals surface area contributed by atoms with Crippen molar-refractivity contribution in [1.29, 1.82) is 0 Å². The Labute approximate surface area is 125 Å². The van der Waals surface area contributed by atoms with Crippen LogP contribution in [0, 0.1) is 0 Å². The molecule has 2 N–H and O–H groups in total. The molecule has 0 saturated carbocycles. The third-order valence-corrected chi connectivity index (χ3v) is 3.21. The van der Waals surface area contributed by atoms with E-state index in [4.69, 9.17) is 11.6 Å². The fraction of sp³-hybridized carbons (Fsp3) is 0.0833. The molecule has 0 unspecified atom stereocenters. The van der Waals surface area contributed by atoms with Gasteiger partial charge in [-0.1, -0.05) is 11.6 Å². The summed E-state index contributed by atoms with van der Waals surface area (Å²) < 4.78 is 38.1. The minimum absolute atomic E-state index is 0.107.